The Labute approximate surface area is 158 Å². The van der Waals surface area contributed by atoms with Gasteiger partial charge in [-0.1, -0.05) is 31.2 Å². The molecule has 0 saturated carbocycles. The lowest BCUT2D eigenvalue weighted by Gasteiger charge is -2.19. The van der Waals surface area contributed by atoms with E-state index >= 15 is 0 Å². The molecule has 3 aromatic heterocycles. The fourth-order valence-electron chi connectivity index (χ4n) is 3.37. The number of aryl methyl sites for hydroxylation is 1. The second-order valence-electron chi connectivity index (χ2n) is 6.47. The molecule has 3 heterocycles. The van der Waals surface area contributed by atoms with E-state index in [1.807, 2.05) is 55.4 Å². The van der Waals surface area contributed by atoms with Crippen molar-refractivity contribution in [1.82, 2.24) is 24.5 Å². The van der Waals surface area contributed by atoms with Crippen molar-refractivity contribution in [2.24, 2.45) is 0 Å². The largest absolute Gasteiger partial charge is 0.323 e. The lowest BCUT2D eigenvalue weighted by atomic mass is 10.1. The Balaban J connectivity index is 1.69. The lowest BCUT2D eigenvalue weighted by molar-refractivity contribution is 0.571. The molecule has 4 aromatic rings. The number of benzene rings is 1. The molecule has 4 rings (SSSR count). The molecule has 0 spiro atoms. The zero-order chi connectivity index (χ0) is 18.6. The van der Waals surface area contributed by atoms with Gasteiger partial charge in [0, 0.05) is 42.7 Å². The van der Waals surface area contributed by atoms with Gasteiger partial charge in [0.1, 0.15) is 5.82 Å². The van der Waals surface area contributed by atoms with Crippen LogP contribution in [0.3, 0.4) is 0 Å². The molecule has 5 nitrogen and oxygen atoms in total. The molecule has 0 bridgehead atoms. The molecule has 0 radical (unpaired) electrons. The first kappa shape index (κ1) is 17.1. The van der Waals surface area contributed by atoms with Gasteiger partial charge in [-0.2, -0.15) is 0 Å². The average Bonchev–Trinajstić information content (AvgIpc) is 3.19. The SMILES string of the molecule is CCC(c1ccncc1)n1ccnc1-c1cnc(-c2ccccc2C)nc1. The van der Waals surface area contributed by atoms with Crippen LogP contribution in [0.4, 0.5) is 0 Å². The van der Waals surface area contributed by atoms with Crippen molar-refractivity contribution >= 4 is 0 Å². The van der Waals surface area contributed by atoms with Gasteiger partial charge in [-0.15, -0.1) is 0 Å². The van der Waals surface area contributed by atoms with E-state index in [4.69, 9.17) is 0 Å². The molecular formula is C22H21N5. The van der Waals surface area contributed by atoms with Gasteiger partial charge in [-0.25, -0.2) is 15.0 Å². The molecular weight excluding hydrogens is 334 g/mol. The van der Waals surface area contributed by atoms with Crippen LogP contribution in [-0.4, -0.2) is 24.5 Å². The lowest BCUT2D eigenvalue weighted by Crippen LogP contribution is -2.10. The van der Waals surface area contributed by atoms with Crippen molar-refractivity contribution in [3.8, 4) is 22.8 Å². The highest BCUT2D eigenvalue weighted by atomic mass is 15.1. The van der Waals surface area contributed by atoms with Crippen LogP contribution in [0.5, 0.6) is 0 Å². The second kappa shape index (κ2) is 7.50. The summed E-state index contributed by atoms with van der Waals surface area (Å²) in [6, 6.07) is 12.4. The summed E-state index contributed by atoms with van der Waals surface area (Å²) in [7, 11) is 0. The summed E-state index contributed by atoms with van der Waals surface area (Å²) in [5.41, 5.74) is 4.33. The van der Waals surface area contributed by atoms with E-state index in [9.17, 15) is 0 Å². The molecule has 0 fully saturated rings. The third kappa shape index (κ3) is 3.36. The predicted molar refractivity (Wildman–Crippen MR) is 106 cm³/mol. The van der Waals surface area contributed by atoms with Crippen LogP contribution in [0.1, 0.15) is 30.5 Å². The summed E-state index contributed by atoms with van der Waals surface area (Å²) >= 11 is 0. The van der Waals surface area contributed by atoms with E-state index in [0.717, 1.165) is 34.8 Å². The zero-order valence-corrected chi connectivity index (χ0v) is 15.4. The van der Waals surface area contributed by atoms with Crippen LogP contribution in [0.2, 0.25) is 0 Å². The van der Waals surface area contributed by atoms with E-state index in [1.165, 1.54) is 5.56 Å². The summed E-state index contributed by atoms with van der Waals surface area (Å²) in [5.74, 6) is 1.60. The van der Waals surface area contributed by atoms with Crippen molar-refractivity contribution in [3.05, 3.63) is 84.7 Å². The molecule has 1 atom stereocenters. The smallest absolute Gasteiger partial charge is 0.159 e. The summed E-state index contributed by atoms with van der Waals surface area (Å²) in [6.45, 7) is 4.24. The third-order valence-electron chi connectivity index (χ3n) is 4.78. The summed E-state index contributed by atoms with van der Waals surface area (Å²) < 4.78 is 2.18. The fourth-order valence-corrected chi connectivity index (χ4v) is 3.37. The van der Waals surface area contributed by atoms with Gasteiger partial charge in [0.25, 0.3) is 0 Å². The molecule has 134 valence electrons. The molecule has 0 aliphatic heterocycles. The van der Waals surface area contributed by atoms with Crippen molar-refractivity contribution in [3.63, 3.8) is 0 Å². The van der Waals surface area contributed by atoms with E-state index in [-0.39, 0.29) is 6.04 Å². The topological polar surface area (TPSA) is 56.5 Å². The van der Waals surface area contributed by atoms with Crippen LogP contribution in [0.25, 0.3) is 22.8 Å². The van der Waals surface area contributed by atoms with Gasteiger partial charge in [-0.3, -0.25) is 4.98 Å². The minimum Gasteiger partial charge on any atom is -0.323 e. The Kier molecular flexibility index (Phi) is 4.75. The molecule has 1 unspecified atom stereocenters. The molecule has 0 aliphatic carbocycles. The first-order valence-corrected chi connectivity index (χ1v) is 9.09. The van der Waals surface area contributed by atoms with Crippen LogP contribution in [0.15, 0.2) is 73.6 Å². The zero-order valence-electron chi connectivity index (χ0n) is 15.4. The van der Waals surface area contributed by atoms with Crippen LogP contribution < -0.4 is 0 Å². The van der Waals surface area contributed by atoms with Crippen LogP contribution >= 0.6 is 0 Å². The van der Waals surface area contributed by atoms with E-state index in [2.05, 4.69) is 56.5 Å². The third-order valence-corrected chi connectivity index (χ3v) is 4.78. The first-order chi connectivity index (χ1) is 13.3. The maximum atomic E-state index is 4.59. The maximum absolute atomic E-state index is 4.59. The minimum absolute atomic E-state index is 0.196. The summed E-state index contributed by atoms with van der Waals surface area (Å²) in [5, 5.41) is 0. The van der Waals surface area contributed by atoms with E-state index < -0.39 is 0 Å². The molecule has 0 amide bonds. The van der Waals surface area contributed by atoms with Crippen LogP contribution in [0, 0.1) is 6.92 Å². The number of aromatic nitrogens is 5. The molecule has 0 N–H and O–H groups in total. The van der Waals surface area contributed by atoms with Gasteiger partial charge < -0.3 is 4.57 Å². The first-order valence-electron chi connectivity index (χ1n) is 9.09. The molecule has 0 aliphatic rings. The number of rotatable bonds is 5. The standard InChI is InChI=1S/C22H21N5/c1-3-20(17-8-10-23-11-9-17)27-13-12-24-22(27)18-14-25-21(26-15-18)19-7-5-4-6-16(19)2/h4-15,20H,3H2,1-2H3. The van der Waals surface area contributed by atoms with Crippen molar-refractivity contribution in [1.29, 1.82) is 0 Å². The fraction of sp³-hybridized carbons (Fsp3) is 0.182. The molecule has 5 heteroatoms. The molecule has 1 aromatic carbocycles. The monoisotopic (exact) mass is 355 g/mol. The van der Waals surface area contributed by atoms with E-state index in [0.29, 0.717) is 0 Å². The van der Waals surface area contributed by atoms with Gasteiger partial charge in [0.2, 0.25) is 0 Å². The van der Waals surface area contributed by atoms with Gasteiger partial charge >= 0.3 is 0 Å². The van der Waals surface area contributed by atoms with Gasteiger partial charge in [0.05, 0.1) is 11.6 Å². The second-order valence-corrected chi connectivity index (χ2v) is 6.47. The highest BCUT2D eigenvalue weighted by Gasteiger charge is 2.17. The summed E-state index contributed by atoms with van der Waals surface area (Å²) in [6.07, 6.45) is 12.2. The number of nitrogens with zero attached hydrogens (tertiary/aromatic N) is 5. The van der Waals surface area contributed by atoms with Gasteiger partial charge in [0.15, 0.2) is 5.82 Å². The Hall–Kier alpha value is -3.34. The highest BCUT2D eigenvalue weighted by Crippen LogP contribution is 2.28. The van der Waals surface area contributed by atoms with E-state index in [1.54, 1.807) is 0 Å². The molecule has 27 heavy (non-hydrogen) atoms. The number of hydrogen-bond acceptors (Lipinski definition) is 4. The number of imidazole rings is 1. The quantitative estimate of drug-likeness (QED) is 0.520. The van der Waals surface area contributed by atoms with Crippen molar-refractivity contribution < 1.29 is 0 Å². The number of pyridine rings is 1. The highest BCUT2D eigenvalue weighted by molar-refractivity contribution is 5.62. The minimum atomic E-state index is 0.196. The van der Waals surface area contributed by atoms with Crippen molar-refractivity contribution in [2.75, 3.05) is 0 Å². The summed E-state index contributed by atoms with van der Waals surface area (Å²) in [4.78, 5) is 17.9. The van der Waals surface area contributed by atoms with Gasteiger partial charge in [-0.05, 0) is 36.6 Å². The normalized spacial score (nSPS) is 12.1. The Morgan fingerprint density at radius 3 is 2.37 bits per heavy atom. The average molecular weight is 355 g/mol. The Morgan fingerprint density at radius 1 is 0.926 bits per heavy atom. The maximum Gasteiger partial charge on any atom is 0.159 e. The van der Waals surface area contributed by atoms with Crippen LogP contribution in [-0.2, 0) is 0 Å². The Bertz CT molecular complexity index is 1020. The number of hydrogen-bond donors (Lipinski definition) is 0. The molecule has 0 saturated heterocycles. The van der Waals surface area contributed by atoms with Crippen molar-refractivity contribution in [2.45, 2.75) is 26.3 Å². The predicted octanol–water partition coefficient (Wildman–Crippen LogP) is 4.71. The Morgan fingerprint density at radius 2 is 1.67 bits per heavy atom.